The molecule has 3 nitrogen and oxygen atoms in total. The van der Waals surface area contributed by atoms with Crippen LogP contribution in [0.3, 0.4) is 0 Å². The molecule has 0 unspecified atom stereocenters. The summed E-state index contributed by atoms with van der Waals surface area (Å²) in [5.74, 6) is -2.51. The highest BCUT2D eigenvalue weighted by molar-refractivity contribution is 5.88. The maximum Gasteiger partial charge on any atom is 0.335 e. The highest BCUT2D eigenvalue weighted by Crippen LogP contribution is 2.26. The summed E-state index contributed by atoms with van der Waals surface area (Å²) >= 11 is 0. The Morgan fingerprint density at radius 3 is 1.80 bits per heavy atom. The molecule has 0 aliphatic heterocycles. The third-order valence-electron chi connectivity index (χ3n) is 2.75. The summed E-state index contributed by atoms with van der Waals surface area (Å²) in [6.45, 7) is 8.89. The van der Waals surface area contributed by atoms with Crippen LogP contribution in [0.25, 0.3) is 0 Å². The lowest BCUT2D eigenvalue weighted by molar-refractivity contribution is 0.0695. The second-order valence-electron chi connectivity index (χ2n) is 5.79. The molecule has 0 heterocycles. The first-order valence-corrected chi connectivity index (χ1v) is 6.69. The van der Waals surface area contributed by atoms with Crippen molar-refractivity contribution in [2.24, 2.45) is 11.8 Å². The molecule has 1 aromatic rings. The van der Waals surface area contributed by atoms with Crippen LogP contribution in [0.2, 0.25) is 0 Å². The first-order valence-electron chi connectivity index (χ1n) is 6.69. The molecule has 20 heavy (non-hydrogen) atoms. The highest BCUT2D eigenvalue weighted by Gasteiger charge is 2.21. The number of rotatable bonds is 6. The molecule has 0 bridgehead atoms. The Labute approximate surface area is 118 Å². The summed E-state index contributed by atoms with van der Waals surface area (Å²) in [5.41, 5.74) is -0.518. The number of hydrogen-bond acceptors (Lipinski definition) is 2. The zero-order valence-corrected chi connectivity index (χ0v) is 12.3. The van der Waals surface area contributed by atoms with Crippen LogP contribution in [0.1, 0.15) is 38.1 Å². The van der Waals surface area contributed by atoms with Crippen LogP contribution in [0.5, 0.6) is 0 Å². The minimum absolute atomic E-state index is 0.141. The van der Waals surface area contributed by atoms with Gasteiger partial charge in [-0.2, -0.15) is 0 Å². The van der Waals surface area contributed by atoms with Gasteiger partial charge >= 0.3 is 5.97 Å². The Morgan fingerprint density at radius 1 is 1.10 bits per heavy atom. The van der Waals surface area contributed by atoms with Crippen LogP contribution in [0.15, 0.2) is 12.1 Å². The second-order valence-corrected chi connectivity index (χ2v) is 5.79. The Bertz CT molecular complexity index is 454. The van der Waals surface area contributed by atoms with Gasteiger partial charge in [0, 0.05) is 13.1 Å². The fraction of sp³-hybridized carbons (Fsp3) is 0.533. The van der Waals surface area contributed by atoms with Crippen LogP contribution in [-0.4, -0.2) is 24.2 Å². The van der Waals surface area contributed by atoms with Crippen LogP contribution in [0, 0.1) is 23.5 Å². The predicted octanol–water partition coefficient (Wildman–Crippen LogP) is 3.78. The molecule has 0 saturated heterocycles. The van der Waals surface area contributed by atoms with E-state index in [1.165, 1.54) is 0 Å². The Hall–Kier alpha value is -1.65. The number of hydrogen-bond donors (Lipinski definition) is 1. The Balaban J connectivity index is 3.22. The lowest BCUT2D eigenvalue weighted by Crippen LogP contribution is -2.33. The monoisotopic (exact) mass is 285 g/mol. The molecule has 1 rings (SSSR count). The van der Waals surface area contributed by atoms with E-state index in [1.807, 2.05) is 27.7 Å². The van der Waals surface area contributed by atoms with Gasteiger partial charge in [-0.15, -0.1) is 0 Å². The van der Waals surface area contributed by atoms with E-state index in [4.69, 9.17) is 5.11 Å². The van der Waals surface area contributed by atoms with Gasteiger partial charge in [0.2, 0.25) is 0 Å². The fourth-order valence-electron chi connectivity index (χ4n) is 2.13. The maximum absolute atomic E-state index is 14.1. The number of aromatic carboxylic acids is 1. The molecule has 0 saturated carbocycles. The van der Waals surface area contributed by atoms with Crippen molar-refractivity contribution in [3.63, 3.8) is 0 Å². The summed E-state index contributed by atoms with van der Waals surface area (Å²) in [5, 5.41) is 8.81. The van der Waals surface area contributed by atoms with Gasteiger partial charge in [-0.3, -0.25) is 0 Å². The third-order valence-corrected chi connectivity index (χ3v) is 2.75. The van der Waals surface area contributed by atoms with Gasteiger partial charge < -0.3 is 10.0 Å². The average Bonchev–Trinajstić information content (AvgIpc) is 2.25. The van der Waals surface area contributed by atoms with Gasteiger partial charge in [-0.05, 0) is 24.0 Å². The van der Waals surface area contributed by atoms with Crippen molar-refractivity contribution in [2.75, 3.05) is 18.0 Å². The van der Waals surface area contributed by atoms with E-state index in [1.54, 1.807) is 4.90 Å². The lowest BCUT2D eigenvalue weighted by atomic mass is 10.1. The summed E-state index contributed by atoms with van der Waals surface area (Å²) in [6, 6.07) is 1.74. The smallest absolute Gasteiger partial charge is 0.335 e. The molecule has 112 valence electrons. The van der Waals surface area contributed by atoms with Gasteiger partial charge in [0.25, 0.3) is 0 Å². The topological polar surface area (TPSA) is 40.5 Å². The minimum atomic E-state index is -1.34. The summed E-state index contributed by atoms with van der Waals surface area (Å²) in [4.78, 5) is 12.4. The lowest BCUT2D eigenvalue weighted by Gasteiger charge is -2.29. The van der Waals surface area contributed by atoms with Gasteiger partial charge in [0.1, 0.15) is 17.3 Å². The molecule has 1 N–H and O–H groups in total. The second kappa shape index (κ2) is 6.68. The highest BCUT2D eigenvalue weighted by atomic mass is 19.1. The van der Waals surface area contributed by atoms with Crippen molar-refractivity contribution in [2.45, 2.75) is 27.7 Å². The summed E-state index contributed by atoms with van der Waals surface area (Å²) < 4.78 is 28.2. The SMILES string of the molecule is CC(C)CN(CC(C)C)c1c(F)cc(C(=O)O)cc1F. The largest absolute Gasteiger partial charge is 0.478 e. The molecule has 0 aliphatic rings. The van der Waals surface area contributed by atoms with Crippen LogP contribution < -0.4 is 4.90 Å². The maximum atomic E-state index is 14.1. The van der Waals surface area contributed by atoms with E-state index in [2.05, 4.69) is 0 Å². The van der Waals surface area contributed by atoms with Gasteiger partial charge in [-0.25, -0.2) is 13.6 Å². The number of halogens is 2. The number of anilines is 1. The zero-order chi connectivity index (χ0) is 15.4. The molecular formula is C15H21F2NO2. The van der Waals surface area contributed by atoms with Crippen molar-refractivity contribution in [3.8, 4) is 0 Å². The van der Waals surface area contributed by atoms with E-state index < -0.39 is 17.6 Å². The Kier molecular flexibility index (Phi) is 5.48. The molecule has 0 aromatic heterocycles. The number of benzene rings is 1. The molecule has 0 spiro atoms. The first kappa shape index (κ1) is 16.4. The molecule has 0 amide bonds. The van der Waals surface area contributed by atoms with E-state index in [-0.39, 0.29) is 23.1 Å². The molecule has 1 aromatic carbocycles. The summed E-state index contributed by atoms with van der Waals surface area (Å²) in [6.07, 6.45) is 0. The normalized spacial score (nSPS) is 11.2. The van der Waals surface area contributed by atoms with Gasteiger partial charge in [0.05, 0.1) is 5.56 Å². The third kappa shape index (κ3) is 4.18. The van der Waals surface area contributed by atoms with E-state index in [0.29, 0.717) is 13.1 Å². The molecule has 0 aliphatic carbocycles. The van der Waals surface area contributed by atoms with Crippen molar-refractivity contribution in [1.82, 2.24) is 0 Å². The van der Waals surface area contributed by atoms with Crippen LogP contribution in [-0.2, 0) is 0 Å². The first-order chi connectivity index (χ1) is 9.22. The standard InChI is InChI=1S/C15H21F2NO2/c1-9(2)7-18(8-10(3)4)14-12(16)5-11(15(19)20)6-13(14)17/h5-6,9-10H,7-8H2,1-4H3,(H,19,20). The van der Waals surface area contributed by atoms with E-state index >= 15 is 0 Å². The number of carboxylic acids is 1. The van der Waals surface area contributed by atoms with Gasteiger partial charge in [-0.1, -0.05) is 27.7 Å². The fourth-order valence-corrected chi connectivity index (χ4v) is 2.13. The number of carboxylic acid groups (broad SMARTS) is 1. The van der Waals surface area contributed by atoms with Crippen molar-refractivity contribution >= 4 is 11.7 Å². The van der Waals surface area contributed by atoms with Crippen molar-refractivity contribution in [3.05, 3.63) is 29.3 Å². The average molecular weight is 285 g/mol. The summed E-state index contributed by atoms with van der Waals surface area (Å²) in [7, 11) is 0. The number of carbonyl (C=O) groups is 1. The van der Waals surface area contributed by atoms with Crippen LogP contribution in [0.4, 0.5) is 14.5 Å². The van der Waals surface area contributed by atoms with Crippen LogP contribution >= 0.6 is 0 Å². The minimum Gasteiger partial charge on any atom is -0.478 e. The van der Waals surface area contributed by atoms with E-state index in [9.17, 15) is 13.6 Å². The van der Waals surface area contributed by atoms with Gasteiger partial charge in [0.15, 0.2) is 0 Å². The Morgan fingerprint density at radius 2 is 1.50 bits per heavy atom. The van der Waals surface area contributed by atoms with Crippen molar-refractivity contribution < 1.29 is 18.7 Å². The molecule has 0 atom stereocenters. The molecule has 0 radical (unpaired) electrons. The van der Waals surface area contributed by atoms with Crippen molar-refractivity contribution in [1.29, 1.82) is 0 Å². The molecule has 0 fully saturated rings. The quantitative estimate of drug-likeness (QED) is 0.864. The molecule has 5 heteroatoms. The predicted molar refractivity (Wildman–Crippen MR) is 75.2 cm³/mol. The zero-order valence-electron chi connectivity index (χ0n) is 12.3. The molecular weight excluding hydrogens is 264 g/mol. The number of nitrogens with zero attached hydrogens (tertiary/aromatic N) is 1. The van der Waals surface area contributed by atoms with E-state index in [0.717, 1.165) is 12.1 Å².